The fourth-order valence-corrected chi connectivity index (χ4v) is 24.7. The molecule has 0 unspecified atom stereocenters. The van der Waals surface area contributed by atoms with Crippen LogP contribution in [-0.2, 0) is 49.6 Å². The number of carbonyl (C=O) groups is 1. The molecule has 1 amide bonds. The van der Waals surface area contributed by atoms with E-state index in [2.05, 4.69) is 63.9 Å². The van der Waals surface area contributed by atoms with Crippen LogP contribution in [0.1, 0.15) is 102 Å². The third-order valence-electron chi connectivity index (χ3n) is 30.0. The minimum atomic E-state index is -2.10. The van der Waals surface area contributed by atoms with Gasteiger partial charge in [-0.15, -0.1) is 0 Å². The summed E-state index contributed by atoms with van der Waals surface area (Å²) in [7, 11) is 12.8. The SMILES string of the molecule is COc1cncc2c1[C@]1(O)[C@H](O)[C@H](C(=O)N(C)CCF)[C@@H](c3ccccc3)[C@]1(c1ccc(Br)cc1)O2.COc1cncc2c1[C@]1(O)[C@H](O)[C@H](CN(C)CCF)[C@@H](c3ccccc3)[C@]1(c1ccc(Br)cc1)O2.COc1cncc2c1[C@]1(O)[C@H](O)[C@H](CN(C)CCF)[C@@H](c3ccccc3)[C@]1(c1ccc(C#N)cc1)O2.COc1cncc2c1[C@]1(O)[C@H](O)[C@H](CN(C)CCF)[C@@H](c3ccccc3)[C@]1(c1ccc(C#N)cc1)O2. The molecule has 143 heavy (non-hydrogen) atoms. The summed E-state index contributed by atoms with van der Waals surface area (Å²) in [5.41, 5.74) is -5.79. The molecule has 0 bridgehead atoms. The van der Waals surface area contributed by atoms with Crippen LogP contribution < -0.4 is 37.9 Å². The average molecular weight is 2080 g/mol. The molecule has 744 valence electrons. The van der Waals surface area contributed by atoms with Gasteiger partial charge in [0.05, 0.1) is 148 Å². The van der Waals surface area contributed by atoms with Gasteiger partial charge in [-0.2, -0.15) is 10.5 Å². The van der Waals surface area contributed by atoms with E-state index in [0.717, 1.165) is 25.6 Å². The predicted molar refractivity (Wildman–Crippen MR) is 527 cm³/mol. The Bertz CT molecular complexity index is 6420. The van der Waals surface area contributed by atoms with Gasteiger partial charge in [0.25, 0.3) is 0 Å². The molecule has 4 fully saturated rings. The van der Waals surface area contributed by atoms with Crippen molar-refractivity contribution in [3.63, 3.8) is 0 Å². The standard InChI is InChI=1S/2C28H28FN3O4.C27H26BrFN2O5.C27H28BrFN2O4/c2*1-32(13-12-29)17-21-24(19-6-4-3-5-7-19)28(20-10-8-18(14-30)9-11-20)27(34,26(21)33)25-22(35-2)15-31-16-23(25)36-28;1-31(13-12-29)25(33)21-22(16-6-4-3-5-7-16)27(17-8-10-18(28)11-9-17)26(34,24(21)32)23-19(35-2)14-30-15-20(23)36-27;1-31(13-12-29)16-20-23(17-6-4-3-5-7-17)27(18-8-10-19(28)11-9-18)26(33,25(20)32)24-21(34-2)14-30-15-22(24)35-27/h2*3-11,15-16,21,24,26,33-34H,12-13,17H2,1-2H3;3-11,14-15,21-22,24,32,34H,12-13H2,1-2H3;3-11,14-15,20,23,25,32-33H,12-13,16H2,1-2H3/t2*21-,24-,26-,27+,28+;21-,22-,24-,26+,27+;20-,23-,25-,26+,27+/m1111/s1. The maximum Gasteiger partial charge on any atom is 0.229 e. The second kappa shape index (κ2) is 41.3. The fourth-order valence-electron chi connectivity index (χ4n) is 24.1. The second-order valence-corrected chi connectivity index (χ2v) is 39.2. The zero-order valence-corrected chi connectivity index (χ0v) is 82.8. The van der Waals surface area contributed by atoms with E-state index in [1.165, 1.54) is 83.8 Å². The summed E-state index contributed by atoms with van der Waals surface area (Å²) in [6.45, 7) is -0.839. The van der Waals surface area contributed by atoms with E-state index in [-0.39, 0.29) is 43.2 Å². The van der Waals surface area contributed by atoms with Crippen molar-refractivity contribution in [1.82, 2.24) is 39.5 Å². The van der Waals surface area contributed by atoms with Crippen LogP contribution in [0.5, 0.6) is 46.0 Å². The summed E-state index contributed by atoms with van der Waals surface area (Å²) in [4.78, 5) is 37.3. The molecule has 4 saturated carbocycles. The first-order valence-electron chi connectivity index (χ1n) is 46.8. The molecule has 20 atom stereocenters. The number of ether oxygens (including phenoxy) is 8. The molecule has 4 aliphatic carbocycles. The number of rotatable bonds is 27. The van der Waals surface area contributed by atoms with Crippen molar-refractivity contribution in [2.24, 2.45) is 23.7 Å². The van der Waals surface area contributed by atoms with Crippen molar-refractivity contribution in [3.8, 4) is 58.1 Å². The van der Waals surface area contributed by atoms with Gasteiger partial charge in [-0.1, -0.05) is 202 Å². The lowest BCUT2D eigenvalue weighted by molar-refractivity contribution is -0.156. The smallest absolute Gasteiger partial charge is 0.229 e. The molecule has 8 N–H and O–H groups in total. The number of pyridine rings is 4. The number of amides is 1. The summed E-state index contributed by atoms with van der Waals surface area (Å²) in [5.74, 6) is -3.15. The first-order chi connectivity index (χ1) is 69.0. The van der Waals surface area contributed by atoms with E-state index in [9.17, 15) is 73.7 Å². The van der Waals surface area contributed by atoms with Gasteiger partial charge >= 0.3 is 0 Å². The number of nitrogens with zero attached hydrogens (tertiary/aromatic N) is 10. The largest absolute Gasteiger partial charge is 0.495 e. The number of alkyl halides is 4. The second-order valence-electron chi connectivity index (χ2n) is 37.3. The number of aromatic nitrogens is 4. The summed E-state index contributed by atoms with van der Waals surface area (Å²) in [6, 6.07) is 70.8. The van der Waals surface area contributed by atoms with Gasteiger partial charge in [-0.25, -0.2) is 17.6 Å². The predicted octanol–water partition coefficient (Wildman–Crippen LogP) is 13.8. The van der Waals surface area contributed by atoms with E-state index in [1.54, 1.807) is 81.0 Å². The molecule has 27 nitrogen and oxygen atoms in total. The Morgan fingerprint density at radius 3 is 0.839 bits per heavy atom. The molecule has 8 aliphatic rings. The highest BCUT2D eigenvalue weighted by molar-refractivity contribution is 9.10. The quantitative estimate of drug-likeness (QED) is 0.0222. The molecule has 4 aromatic heterocycles. The highest BCUT2D eigenvalue weighted by Crippen LogP contribution is 2.75. The molecule has 0 radical (unpaired) electrons. The third kappa shape index (κ3) is 16.3. The number of fused-ring (bicyclic) bond motifs is 12. The van der Waals surface area contributed by atoms with E-state index in [0.29, 0.717) is 110 Å². The van der Waals surface area contributed by atoms with Gasteiger partial charge in [-0.05, 0) is 114 Å². The number of carbonyl (C=O) groups excluding carboxylic acids is 1. The van der Waals surface area contributed by atoms with Crippen molar-refractivity contribution >= 4 is 37.8 Å². The fraction of sp³-hybridized carbons (Fsp3) is 0.355. The Hall–Kier alpha value is -12.6. The minimum Gasteiger partial charge on any atom is -0.495 e. The summed E-state index contributed by atoms with van der Waals surface area (Å²) in [6.07, 6.45) is 6.53. The van der Waals surface area contributed by atoms with Crippen molar-refractivity contribution in [1.29, 1.82) is 10.5 Å². The molecule has 4 aliphatic heterocycles. The lowest BCUT2D eigenvalue weighted by Crippen LogP contribution is -2.52. The number of benzene rings is 8. The maximum atomic E-state index is 13.8. The van der Waals surface area contributed by atoms with Gasteiger partial charge in [0.2, 0.25) is 5.91 Å². The first kappa shape index (κ1) is 102. The molecule has 12 aromatic rings. The molecule has 0 spiro atoms. The molecule has 0 saturated heterocycles. The third-order valence-corrected chi connectivity index (χ3v) is 31.1. The molecule has 20 rings (SSSR count). The van der Waals surface area contributed by atoms with Crippen LogP contribution >= 0.6 is 31.9 Å². The molecule has 33 heteroatoms. The van der Waals surface area contributed by atoms with E-state index < -0.39 is 149 Å². The Kier molecular flexibility index (Phi) is 29.4. The van der Waals surface area contributed by atoms with Crippen LogP contribution in [0.4, 0.5) is 17.6 Å². The van der Waals surface area contributed by atoms with Gasteiger partial charge in [0.15, 0.2) is 44.8 Å². The Balaban J connectivity index is 0.000000131. The Labute approximate surface area is 842 Å². The van der Waals surface area contributed by atoms with Crippen LogP contribution in [0.3, 0.4) is 0 Å². The van der Waals surface area contributed by atoms with E-state index in [4.69, 9.17) is 37.9 Å². The number of hydrogen-bond donors (Lipinski definition) is 8. The number of methoxy groups -OCH3 is 4. The zero-order chi connectivity index (χ0) is 101. The number of aliphatic hydroxyl groups is 8. The molecular weight excluding hydrogens is 1970 g/mol. The van der Waals surface area contributed by atoms with E-state index in [1.807, 2.05) is 179 Å². The van der Waals surface area contributed by atoms with Crippen LogP contribution in [-0.4, -0.2) is 240 Å². The molecule has 8 aromatic carbocycles. The number of halogens is 6. The number of nitriles is 2. The van der Waals surface area contributed by atoms with Crippen LogP contribution in [0, 0.1) is 46.3 Å². The van der Waals surface area contributed by atoms with Crippen LogP contribution in [0.25, 0.3) is 0 Å². The van der Waals surface area contributed by atoms with E-state index >= 15 is 0 Å². The first-order valence-corrected chi connectivity index (χ1v) is 48.4. The monoisotopic (exact) mass is 2080 g/mol. The molecular formula is C110H110Br2F4N10O17. The lowest BCUT2D eigenvalue weighted by atomic mass is 9.70. The minimum absolute atomic E-state index is 0.141. The average Bonchev–Trinajstić information content (AvgIpc) is 1.50. The van der Waals surface area contributed by atoms with Crippen molar-refractivity contribution < 1.29 is 101 Å². The van der Waals surface area contributed by atoms with Crippen molar-refractivity contribution in [3.05, 3.63) is 355 Å². The van der Waals surface area contributed by atoms with Crippen molar-refractivity contribution in [2.75, 3.05) is 129 Å². The summed E-state index contributed by atoms with van der Waals surface area (Å²) < 4.78 is 104. The summed E-state index contributed by atoms with van der Waals surface area (Å²) >= 11 is 6.95. The van der Waals surface area contributed by atoms with Gasteiger partial charge < -0.3 is 98.3 Å². The number of aliphatic hydroxyl groups excluding tert-OH is 4. The molecule has 8 heterocycles. The maximum absolute atomic E-state index is 13.8. The summed E-state index contributed by atoms with van der Waals surface area (Å²) in [5, 5.41) is 117. The van der Waals surface area contributed by atoms with Gasteiger partial charge in [0, 0.05) is 103 Å². The van der Waals surface area contributed by atoms with Gasteiger partial charge in [0.1, 0.15) is 78.8 Å². The number of hydrogen-bond acceptors (Lipinski definition) is 26. The normalized spacial score (nSPS) is 28.5. The lowest BCUT2D eigenvalue weighted by Gasteiger charge is -2.41. The highest BCUT2D eigenvalue weighted by atomic mass is 79.9. The van der Waals surface area contributed by atoms with Crippen molar-refractivity contribution in [2.45, 2.75) is 92.9 Å². The highest BCUT2D eigenvalue weighted by Gasteiger charge is 2.82. The van der Waals surface area contributed by atoms with Crippen LogP contribution in [0.2, 0.25) is 0 Å². The zero-order valence-electron chi connectivity index (χ0n) is 79.6. The Morgan fingerprint density at radius 1 is 0.357 bits per heavy atom. The van der Waals surface area contributed by atoms with Gasteiger partial charge in [-0.3, -0.25) is 24.7 Å². The topological polar surface area (TPSA) is 365 Å². The Morgan fingerprint density at radius 2 is 0.594 bits per heavy atom. The van der Waals surface area contributed by atoms with Crippen LogP contribution in [0.15, 0.2) is 277 Å².